The summed E-state index contributed by atoms with van der Waals surface area (Å²) in [4.78, 5) is 27.0. The van der Waals surface area contributed by atoms with E-state index < -0.39 is 5.97 Å². The minimum atomic E-state index is -0.456. The van der Waals surface area contributed by atoms with Gasteiger partial charge in [0.2, 0.25) is 5.91 Å². The lowest BCUT2D eigenvalue weighted by Crippen LogP contribution is -2.31. The zero-order valence-corrected chi connectivity index (χ0v) is 11.4. The maximum Gasteiger partial charge on any atom is 0.341 e. The maximum atomic E-state index is 11.5. The van der Waals surface area contributed by atoms with Gasteiger partial charge >= 0.3 is 5.97 Å². The van der Waals surface area contributed by atoms with Crippen LogP contribution >= 0.6 is 0 Å². The molecule has 0 unspecified atom stereocenters. The van der Waals surface area contributed by atoms with Gasteiger partial charge in [0.25, 0.3) is 0 Å². The first kappa shape index (κ1) is 14.9. The molecule has 6 nitrogen and oxygen atoms in total. The number of hydrogen-bond donors (Lipinski definition) is 2. The van der Waals surface area contributed by atoms with Crippen molar-refractivity contribution in [3.8, 4) is 0 Å². The van der Waals surface area contributed by atoms with Crippen molar-refractivity contribution >= 4 is 17.7 Å². The van der Waals surface area contributed by atoms with Crippen molar-refractivity contribution in [2.75, 3.05) is 19.0 Å². The van der Waals surface area contributed by atoms with Crippen LogP contribution in [-0.2, 0) is 9.53 Å². The summed E-state index contributed by atoms with van der Waals surface area (Å²) in [6.45, 7) is 4.21. The highest BCUT2D eigenvalue weighted by molar-refractivity contribution is 5.94. The number of nitrogens with one attached hydrogen (secondary N) is 2. The van der Waals surface area contributed by atoms with E-state index in [2.05, 4.69) is 20.4 Å². The summed E-state index contributed by atoms with van der Waals surface area (Å²) in [6.07, 6.45) is 1.89. The average molecular weight is 265 g/mol. The maximum absolute atomic E-state index is 11.5. The minimum Gasteiger partial charge on any atom is -0.465 e. The van der Waals surface area contributed by atoms with E-state index in [1.54, 1.807) is 18.3 Å². The molecule has 0 spiro atoms. The molecule has 0 bridgehead atoms. The molecule has 1 aromatic heterocycles. The molecular weight excluding hydrogens is 246 g/mol. The Kier molecular flexibility index (Phi) is 5.78. The second-order valence-corrected chi connectivity index (χ2v) is 4.29. The Balaban J connectivity index is 2.54. The van der Waals surface area contributed by atoms with Crippen molar-refractivity contribution in [2.45, 2.75) is 26.3 Å². The number of rotatable bonds is 6. The van der Waals surface area contributed by atoms with Crippen molar-refractivity contribution in [2.24, 2.45) is 0 Å². The van der Waals surface area contributed by atoms with E-state index in [0.717, 1.165) is 0 Å². The van der Waals surface area contributed by atoms with Crippen LogP contribution in [-0.4, -0.2) is 36.6 Å². The summed E-state index contributed by atoms with van der Waals surface area (Å²) >= 11 is 0. The van der Waals surface area contributed by atoms with E-state index in [1.807, 2.05) is 13.8 Å². The predicted molar refractivity (Wildman–Crippen MR) is 72.0 cm³/mol. The van der Waals surface area contributed by atoms with Crippen molar-refractivity contribution in [1.82, 2.24) is 10.3 Å². The molecule has 0 saturated heterocycles. The highest BCUT2D eigenvalue weighted by Crippen LogP contribution is 2.12. The number of carbonyl (C=O) groups excluding carboxylic acids is 2. The fraction of sp³-hybridized carbons (Fsp3) is 0.462. The molecule has 0 atom stereocenters. The molecule has 1 amide bonds. The zero-order chi connectivity index (χ0) is 14.3. The summed E-state index contributed by atoms with van der Waals surface area (Å²) in [6, 6.07) is 3.39. The van der Waals surface area contributed by atoms with Crippen LogP contribution in [0.3, 0.4) is 0 Å². The molecule has 0 aliphatic rings. The number of pyridine rings is 1. The predicted octanol–water partition coefficient (Wildman–Crippen LogP) is 1.19. The van der Waals surface area contributed by atoms with Crippen molar-refractivity contribution in [1.29, 1.82) is 0 Å². The molecule has 19 heavy (non-hydrogen) atoms. The summed E-state index contributed by atoms with van der Waals surface area (Å²) in [5.41, 5.74) is 0.356. The molecule has 6 heteroatoms. The van der Waals surface area contributed by atoms with E-state index in [9.17, 15) is 9.59 Å². The number of nitrogens with zero attached hydrogens (tertiary/aromatic N) is 1. The van der Waals surface area contributed by atoms with Gasteiger partial charge in [-0.15, -0.1) is 0 Å². The Labute approximate surface area is 112 Å². The van der Waals surface area contributed by atoms with Gasteiger partial charge < -0.3 is 15.4 Å². The van der Waals surface area contributed by atoms with Gasteiger partial charge in [0.05, 0.1) is 7.11 Å². The SMILES string of the molecule is COC(=O)c1cccnc1NCCC(=O)NC(C)C. The third-order valence-electron chi connectivity index (χ3n) is 2.31. The number of carbonyl (C=O) groups is 2. The summed E-state index contributed by atoms with van der Waals surface area (Å²) in [5.74, 6) is -0.0769. The van der Waals surface area contributed by atoms with Gasteiger partial charge in [-0.05, 0) is 26.0 Å². The lowest BCUT2D eigenvalue weighted by Gasteiger charge is -2.10. The normalized spacial score (nSPS) is 10.1. The highest BCUT2D eigenvalue weighted by Gasteiger charge is 2.12. The van der Waals surface area contributed by atoms with Crippen LogP contribution in [0.2, 0.25) is 0 Å². The zero-order valence-electron chi connectivity index (χ0n) is 11.4. The van der Waals surface area contributed by atoms with E-state index in [0.29, 0.717) is 24.3 Å². The van der Waals surface area contributed by atoms with Gasteiger partial charge in [0.15, 0.2) is 0 Å². The Morgan fingerprint density at radius 1 is 1.42 bits per heavy atom. The summed E-state index contributed by atoms with van der Waals surface area (Å²) in [5, 5.41) is 5.75. The van der Waals surface area contributed by atoms with Gasteiger partial charge in [-0.3, -0.25) is 4.79 Å². The Hall–Kier alpha value is -2.11. The fourth-order valence-corrected chi connectivity index (χ4v) is 1.51. The molecule has 1 rings (SSSR count). The summed E-state index contributed by atoms with van der Waals surface area (Å²) < 4.78 is 4.66. The highest BCUT2D eigenvalue weighted by atomic mass is 16.5. The second kappa shape index (κ2) is 7.35. The van der Waals surface area contributed by atoms with Gasteiger partial charge in [-0.2, -0.15) is 0 Å². The first-order valence-corrected chi connectivity index (χ1v) is 6.11. The van der Waals surface area contributed by atoms with Crippen LogP contribution in [0.5, 0.6) is 0 Å². The first-order valence-electron chi connectivity index (χ1n) is 6.11. The molecule has 0 fully saturated rings. The number of hydrogen-bond acceptors (Lipinski definition) is 5. The van der Waals surface area contributed by atoms with Gasteiger partial charge in [-0.1, -0.05) is 0 Å². The molecule has 0 aromatic carbocycles. The van der Waals surface area contributed by atoms with Gasteiger partial charge in [0, 0.05) is 25.2 Å². The van der Waals surface area contributed by atoms with E-state index in [-0.39, 0.29) is 11.9 Å². The molecule has 2 N–H and O–H groups in total. The van der Waals surface area contributed by atoms with Crippen LogP contribution in [0, 0.1) is 0 Å². The monoisotopic (exact) mass is 265 g/mol. The molecule has 104 valence electrons. The van der Waals surface area contributed by atoms with Crippen LogP contribution in [0.1, 0.15) is 30.6 Å². The number of esters is 1. The Morgan fingerprint density at radius 3 is 2.79 bits per heavy atom. The molecule has 1 heterocycles. The average Bonchev–Trinajstić information content (AvgIpc) is 2.37. The quantitative estimate of drug-likeness (QED) is 0.755. The third kappa shape index (κ3) is 4.95. The number of ether oxygens (including phenoxy) is 1. The van der Waals surface area contributed by atoms with E-state index in [1.165, 1.54) is 7.11 Å². The first-order chi connectivity index (χ1) is 9.04. The van der Waals surface area contributed by atoms with Gasteiger partial charge in [-0.25, -0.2) is 9.78 Å². The fourth-order valence-electron chi connectivity index (χ4n) is 1.51. The lowest BCUT2D eigenvalue weighted by molar-refractivity contribution is -0.121. The van der Waals surface area contributed by atoms with Crippen LogP contribution in [0.15, 0.2) is 18.3 Å². The minimum absolute atomic E-state index is 0.0435. The van der Waals surface area contributed by atoms with Crippen molar-refractivity contribution in [3.05, 3.63) is 23.9 Å². The second-order valence-electron chi connectivity index (χ2n) is 4.29. The molecule has 0 radical (unpaired) electrons. The topological polar surface area (TPSA) is 80.3 Å². The summed E-state index contributed by atoms with van der Waals surface area (Å²) in [7, 11) is 1.31. The largest absolute Gasteiger partial charge is 0.465 e. The van der Waals surface area contributed by atoms with Crippen molar-refractivity contribution in [3.63, 3.8) is 0 Å². The van der Waals surface area contributed by atoms with Crippen LogP contribution in [0.25, 0.3) is 0 Å². The third-order valence-corrected chi connectivity index (χ3v) is 2.31. The number of methoxy groups -OCH3 is 1. The molecule has 1 aromatic rings. The van der Waals surface area contributed by atoms with Crippen LogP contribution in [0.4, 0.5) is 5.82 Å². The molecule has 0 saturated carbocycles. The number of aromatic nitrogens is 1. The van der Waals surface area contributed by atoms with Crippen LogP contribution < -0.4 is 10.6 Å². The number of amides is 1. The standard InChI is InChI=1S/C13H19N3O3/c1-9(2)16-11(17)6-8-15-12-10(13(18)19-3)5-4-7-14-12/h4-5,7,9H,6,8H2,1-3H3,(H,14,15)(H,16,17). The number of anilines is 1. The van der Waals surface area contributed by atoms with E-state index in [4.69, 9.17) is 0 Å². The molecule has 0 aliphatic heterocycles. The van der Waals surface area contributed by atoms with Gasteiger partial charge in [0.1, 0.15) is 11.4 Å². The molecular formula is C13H19N3O3. The smallest absolute Gasteiger partial charge is 0.341 e. The Bertz CT molecular complexity index is 447. The van der Waals surface area contributed by atoms with Crippen molar-refractivity contribution < 1.29 is 14.3 Å². The van der Waals surface area contributed by atoms with E-state index >= 15 is 0 Å². The molecule has 0 aliphatic carbocycles. The lowest BCUT2D eigenvalue weighted by atomic mass is 10.2. The Morgan fingerprint density at radius 2 is 2.16 bits per heavy atom.